The van der Waals surface area contributed by atoms with E-state index < -0.39 is 0 Å². The highest BCUT2D eigenvalue weighted by atomic mass is 14.1. The van der Waals surface area contributed by atoms with Gasteiger partial charge in [0.25, 0.3) is 0 Å². The lowest BCUT2D eigenvalue weighted by atomic mass is 9.96. The first-order valence-electron chi connectivity index (χ1n) is 5.24. The Hall–Kier alpha value is -0.880. The Bertz CT molecular complexity index is 177. The minimum absolute atomic E-state index is 0.484. The number of hydrogen-bond acceptors (Lipinski definition) is 0. The smallest absolute Gasteiger partial charge is 0.0200 e. The van der Waals surface area contributed by atoms with Crippen LogP contribution in [0.15, 0.2) is 0 Å². The SMILES string of the molecule is C#CCCCCC(C#C)CCCC. The molecule has 13 heavy (non-hydrogen) atoms. The summed E-state index contributed by atoms with van der Waals surface area (Å²) in [7, 11) is 0. The molecule has 0 aromatic heterocycles. The Labute approximate surface area is 83.1 Å². The molecule has 72 valence electrons. The van der Waals surface area contributed by atoms with E-state index in [1.165, 1.54) is 25.7 Å². The zero-order chi connectivity index (χ0) is 9.94. The van der Waals surface area contributed by atoms with Gasteiger partial charge >= 0.3 is 0 Å². The van der Waals surface area contributed by atoms with E-state index in [0.29, 0.717) is 5.92 Å². The Morgan fingerprint density at radius 3 is 2.31 bits per heavy atom. The van der Waals surface area contributed by atoms with Crippen molar-refractivity contribution in [3.8, 4) is 24.7 Å². The van der Waals surface area contributed by atoms with Crippen molar-refractivity contribution in [1.82, 2.24) is 0 Å². The fourth-order valence-corrected chi connectivity index (χ4v) is 1.38. The lowest BCUT2D eigenvalue weighted by Crippen LogP contribution is -1.96. The summed E-state index contributed by atoms with van der Waals surface area (Å²) >= 11 is 0. The minimum Gasteiger partial charge on any atom is -0.120 e. The third-order valence-electron chi connectivity index (χ3n) is 2.27. The Balaban J connectivity index is 3.39. The van der Waals surface area contributed by atoms with E-state index in [4.69, 9.17) is 12.8 Å². The molecule has 0 bridgehead atoms. The van der Waals surface area contributed by atoms with Crippen LogP contribution < -0.4 is 0 Å². The summed E-state index contributed by atoms with van der Waals surface area (Å²) in [4.78, 5) is 0. The van der Waals surface area contributed by atoms with Gasteiger partial charge in [-0.25, -0.2) is 0 Å². The van der Waals surface area contributed by atoms with Gasteiger partial charge in [0.15, 0.2) is 0 Å². The molecule has 0 aromatic carbocycles. The van der Waals surface area contributed by atoms with Crippen molar-refractivity contribution >= 4 is 0 Å². The Morgan fingerprint density at radius 1 is 1.08 bits per heavy atom. The molecule has 1 unspecified atom stereocenters. The van der Waals surface area contributed by atoms with E-state index in [2.05, 4.69) is 18.8 Å². The molecule has 0 aliphatic rings. The predicted octanol–water partition coefficient (Wildman–Crippen LogP) is 3.62. The monoisotopic (exact) mass is 176 g/mol. The van der Waals surface area contributed by atoms with Gasteiger partial charge in [-0.1, -0.05) is 26.2 Å². The largest absolute Gasteiger partial charge is 0.120 e. The maximum Gasteiger partial charge on any atom is 0.0200 e. The number of hydrogen-bond donors (Lipinski definition) is 0. The lowest BCUT2D eigenvalue weighted by molar-refractivity contribution is 0.507. The Morgan fingerprint density at radius 2 is 1.77 bits per heavy atom. The molecule has 0 saturated carbocycles. The van der Waals surface area contributed by atoms with Crippen molar-refractivity contribution < 1.29 is 0 Å². The highest BCUT2D eigenvalue weighted by Crippen LogP contribution is 2.15. The van der Waals surface area contributed by atoms with Crippen molar-refractivity contribution in [2.75, 3.05) is 0 Å². The molecule has 0 nitrogen and oxygen atoms in total. The third kappa shape index (κ3) is 7.48. The molecule has 0 spiro atoms. The van der Waals surface area contributed by atoms with Crippen molar-refractivity contribution in [3.63, 3.8) is 0 Å². The average molecular weight is 176 g/mol. The van der Waals surface area contributed by atoms with Gasteiger partial charge in [0.2, 0.25) is 0 Å². The van der Waals surface area contributed by atoms with Gasteiger partial charge in [0, 0.05) is 12.3 Å². The summed E-state index contributed by atoms with van der Waals surface area (Å²) in [6, 6.07) is 0. The third-order valence-corrected chi connectivity index (χ3v) is 2.27. The van der Waals surface area contributed by atoms with E-state index in [1.807, 2.05) is 0 Å². The highest BCUT2D eigenvalue weighted by molar-refractivity contribution is 4.92. The van der Waals surface area contributed by atoms with Gasteiger partial charge in [-0.15, -0.1) is 24.7 Å². The molecule has 0 rings (SSSR count). The minimum atomic E-state index is 0.484. The highest BCUT2D eigenvalue weighted by Gasteiger charge is 2.02. The normalized spacial score (nSPS) is 11.6. The van der Waals surface area contributed by atoms with Crippen molar-refractivity contribution in [2.45, 2.75) is 51.9 Å². The van der Waals surface area contributed by atoms with E-state index >= 15 is 0 Å². The fraction of sp³-hybridized carbons (Fsp3) is 0.692. The maximum atomic E-state index is 5.44. The average Bonchev–Trinajstić information content (AvgIpc) is 2.17. The maximum absolute atomic E-state index is 5.44. The van der Waals surface area contributed by atoms with E-state index in [0.717, 1.165) is 19.3 Å². The molecule has 0 aliphatic carbocycles. The van der Waals surface area contributed by atoms with Gasteiger partial charge in [-0.3, -0.25) is 0 Å². The van der Waals surface area contributed by atoms with Gasteiger partial charge in [0.1, 0.15) is 0 Å². The summed E-state index contributed by atoms with van der Waals surface area (Å²) in [5, 5.41) is 0. The Kier molecular flexibility index (Phi) is 8.59. The lowest BCUT2D eigenvalue weighted by Gasteiger charge is -2.08. The second-order valence-electron chi connectivity index (χ2n) is 3.46. The molecule has 1 atom stereocenters. The van der Waals surface area contributed by atoms with E-state index in [-0.39, 0.29) is 0 Å². The molecule has 0 saturated heterocycles. The standard InChI is InChI=1S/C13H20/c1-4-7-9-10-12-13(6-3)11-8-5-2/h1,3,13H,5,7-12H2,2H3. The van der Waals surface area contributed by atoms with Crippen LogP contribution in [-0.4, -0.2) is 0 Å². The van der Waals surface area contributed by atoms with Crippen LogP contribution >= 0.6 is 0 Å². The summed E-state index contributed by atoms with van der Waals surface area (Å²) in [5.41, 5.74) is 0. The first-order valence-corrected chi connectivity index (χ1v) is 5.24. The number of rotatable bonds is 7. The van der Waals surface area contributed by atoms with Crippen LogP contribution in [0.25, 0.3) is 0 Å². The van der Waals surface area contributed by atoms with Crippen LogP contribution in [0.5, 0.6) is 0 Å². The molecule has 0 heterocycles. The second kappa shape index (κ2) is 9.21. The summed E-state index contributed by atoms with van der Waals surface area (Å²) in [6.07, 6.45) is 18.6. The van der Waals surface area contributed by atoms with Crippen molar-refractivity contribution in [3.05, 3.63) is 0 Å². The van der Waals surface area contributed by atoms with Crippen LogP contribution in [0.1, 0.15) is 51.9 Å². The van der Waals surface area contributed by atoms with E-state index in [1.54, 1.807) is 0 Å². The van der Waals surface area contributed by atoms with Crippen molar-refractivity contribution in [1.29, 1.82) is 0 Å². The van der Waals surface area contributed by atoms with Crippen LogP contribution in [0.4, 0.5) is 0 Å². The molecular weight excluding hydrogens is 156 g/mol. The molecular formula is C13H20. The number of terminal acetylenes is 2. The molecule has 0 aromatic rings. The second-order valence-corrected chi connectivity index (χ2v) is 3.46. The van der Waals surface area contributed by atoms with Gasteiger partial charge in [-0.05, 0) is 19.3 Å². The van der Waals surface area contributed by atoms with Crippen LogP contribution in [-0.2, 0) is 0 Å². The fourth-order valence-electron chi connectivity index (χ4n) is 1.38. The number of unbranched alkanes of at least 4 members (excludes halogenated alkanes) is 3. The summed E-state index contributed by atoms with van der Waals surface area (Å²) < 4.78 is 0. The molecule has 0 aliphatic heterocycles. The molecule has 0 radical (unpaired) electrons. The van der Waals surface area contributed by atoms with Crippen LogP contribution in [0.2, 0.25) is 0 Å². The predicted molar refractivity (Wildman–Crippen MR) is 59.1 cm³/mol. The zero-order valence-electron chi connectivity index (χ0n) is 8.68. The van der Waals surface area contributed by atoms with E-state index in [9.17, 15) is 0 Å². The van der Waals surface area contributed by atoms with Crippen LogP contribution in [0.3, 0.4) is 0 Å². The molecule has 0 heteroatoms. The van der Waals surface area contributed by atoms with Crippen LogP contribution in [0, 0.1) is 30.6 Å². The molecule has 0 amide bonds. The molecule has 0 fully saturated rings. The summed E-state index contributed by atoms with van der Waals surface area (Å²) in [6.45, 7) is 2.20. The molecule has 0 N–H and O–H groups in total. The van der Waals surface area contributed by atoms with Gasteiger partial charge < -0.3 is 0 Å². The van der Waals surface area contributed by atoms with Gasteiger partial charge in [0.05, 0.1) is 0 Å². The quantitative estimate of drug-likeness (QED) is 0.410. The summed E-state index contributed by atoms with van der Waals surface area (Å²) in [5.74, 6) is 6.00. The first-order chi connectivity index (χ1) is 6.35. The topological polar surface area (TPSA) is 0 Å². The first kappa shape index (κ1) is 12.1. The van der Waals surface area contributed by atoms with Crippen molar-refractivity contribution in [2.24, 2.45) is 5.92 Å². The zero-order valence-corrected chi connectivity index (χ0v) is 8.68. The van der Waals surface area contributed by atoms with Gasteiger partial charge in [-0.2, -0.15) is 0 Å².